The summed E-state index contributed by atoms with van der Waals surface area (Å²) in [7, 11) is 2.23. The number of rotatable bonds is 5. The Hall–Kier alpha value is -0.120. The number of hydrogen-bond donors (Lipinski definition) is 1. The number of nitrogens with two attached hydrogens (primary N) is 1. The van der Waals surface area contributed by atoms with Gasteiger partial charge in [-0.3, -0.25) is 0 Å². The molecule has 0 radical (unpaired) electrons. The standard InChI is InChI=1S/C15H30N2O/c1-3-12-6-7-15(16)13(9-12)10-17(2)11-14-5-4-8-18-14/h12-15H,3-11,16H2,1-2H3. The molecule has 106 valence electrons. The third-order valence-corrected chi connectivity index (χ3v) is 4.81. The van der Waals surface area contributed by atoms with Crippen LogP contribution in [0, 0.1) is 11.8 Å². The van der Waals surface area contributed by atoms with E-state index in [1.807, 2.05) is 0 Å². The predicted molar refractivity (Wildman–Crippen MR) is 75.6 cm³/mol. The van der Waals surface area contributed by atoms with E-state index in [0.29, 0.717) is 18.1 Å². The van der Waals surface area contributed by atoms with Gasteiger partial charge in [-0.2, -0.15) is 0 Å². The highest BCUT2D eigenvalue weighted by molar-refractivity contribution is 4.84. The first-order chi connectivity index (χ1) is 8.69. The molecule has 2 aliphatic rings. The SMILES string of the molecule is CCC1CCC(N)C(CN(C)CC2CCCO2)C1. The van der Waals surface area contributed by atoms with E-state index in [1.54, 1.807) is 0 Å². The first-order valence-electron chi connectivity index (χ1n) is 7.74. The van der Waals surface area contributed by atoms with Gasteiger partial charge in [0.05, 0.1) is 6.10 Å². The molecule has 0 aromatic carbocycles. The van der Waals surface area contributed by atoms with E-state index in [9.17, 15) is 0 Å². The summed E-state index contributed by atoms with van der Waals surface area (Å²) < 4.78 is 5.71. The Morgan fingerprint density at radius 2 is 2.06 bits per heavy atom. The maximum Gasteiger partial charge on any atom is 0.0702 e. The smallest absolute Gasteiger partial charge is 0.0702 e. The van der Waals surface area contributed by atoms with Gasteiger partial charge in [0.2, 0.25) is 0 Å². The van der Waals surface area contributed by atoms with E-state index in [0.717, 1.165) is 25.6 Å². The van der Waals surface area contributed by atoms with Crippen LogP contribution < -0.4 is 5.73 Å². The van der Waals surface area contributed by atoms with Crippen LogP contribution in [0.2, 0.25) is 0 Å². The highest BCUT2D eigenvalue weighted by Crippen LogP contribution is 2.30. The second kappa shape index (κ2) is 6.88. The average molecular weight is 254 g/mol. The lowest BCUT2D eigenvalue weighted by atomic mass is 9.77. The zero-order valence-electron chi connectivity index (χ0n) is 12.1. The van der Waals surface area contributed by atoms with Crippen LogP contribution in [0.1, 0.15) is 45.4 Å². The Bertz CT molecular complexity index is 241. The minimum atomic E-state index is 0.416. The van der Waals surface area contributed by atoms with Crippen molar-refractivity contribution in [3.05, 3.63) is 0 Å². The van der Waals surface area contributed by atoms with Crippen LogP contribution in [0.4, 0.5) is 0 Å². The van der Waals surface area contributed by atoms with E-state index in [1.165, 1.54) is 38.5 Å². The van der Waals surface area contributed by atoms with Crippen LogP contribution in [0.5, 0.6) is 0 Å². The molecule has 1 saturated carbocycles. The fraction of sp³-hybridized carbons (Fsp3) is 1.00. The van der Waals surface area contributed by atoms with Gasteiger partial charge in [-0.05, 0) is 51.0 Å². The summed E-state index contributed by atoms with van der Waals surface area (Å²) in [4.78, 5) is 2.44. The average Bonchev–Trinajstić information content (AvgIpc) is 2.84. The van der Waals surface area contributed by atoms with Gasteiger partial charge in [0.25, 0.3) is 0 Å². The molecule has 4 unspecified atom stereocenters. The van der Waals surface area contributed by atoms with Gasteiger partial charge in [-0.15, -0.1) is 0 Å². The molecule has 0 amide bonds. The molecule has 18 heavy (non-hydrogen) atoms. The minimum absolute atomic E-state index is 0.416. The third kappa shape index (κ3) is 3.94. The fourth-order valence-corrected chi connectivity index (χ4v) is 3.58. The van der Waals surface area contributed by atoms with Crippen molar-refractivity contribution in [3.8, 4) is 0 Å². The number of ether oxygens (including phenoxy) is 1. The minimum Gasteiger partial charge on any atom is -0.377 e. The molecular weight excluding hydrogens is 224 g/mol. The normalized spacial score (nSPS) is 37.3. The number of likely N-dealkylation sites (N-methyl/N-ethyl adjacent to an activating group) is 1. The lowest BCUT2D eigenvalue weighted by molar-refractivity contribution is 0.0697. The van der Waals surface area contributed by atoms with Gasteiger partial charge in [-0.1, -0.05) is 13.3 Å². The zero-order chi connectivity index (χ0) is 13.0. The Kier molecular flexibility index (Phi) is 5.46. The second-order valence-electron chi connectivity index (χ2n) is 6.37. The molecule has 1 heterocycles. The molecule has 0 aromatic rings. The van der Waals surface area contributed by atoms with E-state index in [2.05, 4.69) is 18.9 Å². The van der Waals surface area contributed by atoms with Gasteiger partial charge in [0.15, 0.2) is 0 Å². The van der Waals surface area contributed by atoms with E-state index >= 15 is 0 Å². The Labute approximate surface area is 112 Å². The van der Waals surface area contributed by atoms with Crippen LogP contribution in [0.15, 0.2) is 0 Å². The molecule has 3 heteroatoms. The zero-order valence-corrected chi connectivity index (χ0v) is 12.1. The molecular formula is C15H30N2O. The van der Waals surface area contributed by atoms with Crippen molar-refractivity contribution in [1.29, 1.82) is 0 Å². The van der Waals surface area contributed by atoms with Crippen LogP contribution >= 0.6 is 0 Å². The highest BCUT2D eigenvalue weighted by atomic mass is 16.5. The first kappa shape index (κ1) is 14.3. The maximum absolute atomic E-state index is 6.29. The fourth-order valence-electron chi connectivity index (χ4n) is 3.58. The van der Waals surface area contributed by atoms with Crippen LogP contribution in [-0.4, -0.2) is 43.8 Å². The monoisotopic (exact) mass is 254 g/mol. The summed E-state index contributed by atoms with van der Waals surface area (Å²) in [6, 6.07) is 0.416. The summed E-state index contributed by atoms with van der Waals surface area (Å²) in [5, 5.41) is 0. The van der Waals surface area contributed by atoms with E-state index < -0.39 is 0 Å². The number of nitrogens with zero attached hydrogens (tertiary/aromatic N) is 1. The molecule has 4 atom stereocenters. The van der Waals surface area contributed by atoms with Crippen molar-refractivity contribution >= 4 is 0 Å². The van der Waals surface area contributed by atoms with Gasteiger partial charge in [0.1, 0.15) is 0 Å². The predicted octanol–water partition coefficient (Wildman–Crippen LogP) is 2.25. The topological polar surface area (TPSA) is 38.5 Å². The van der Waals surface area contributed by atoms with Gasteiger partial charge in [0, 0.05) is 25.7 Å². The quantitative estimate of drug-likeness (QED) is 0.818. The van der Waals surface area contributed by atoms with Crippen LogP contribution in [0.25, 0.3) is 0 Å². The molecule has 2 N–H and O–H groups in total. The molecule has 0 bridgehead atoms. The Balaban J connectivity index is 1.75. The Morgan fingerprint density at radius 1 is 1.22 bits per heavy atom. The molecule has 3 nitrogen and oxygen atoms in total. The van der Waals surface area contributed by atoms with Crippen molar-refractivity contribution in [1.82, 2.24) is 4.90 Å². The van der Waals surface area contributed by atoms with E-state index in [4.69, 9.17) is 10.5 Å². The molecule has 2 rings (SSSR count). The van der Waals surface area contributed by atoms with Crippen molar-refractivity contribution in [3.63, 3.8) is 0 Å². The maximum atomic E-state index is 6.29. The summed E-state index contributed by atoms with van der Waals surface area (Å²) >= 11 is 0. The summed E-state index contributed by atoms with van der Waals surface area (Å²) in [6.45, 7) is 5.51. The summed E-state index contributed by atoms with van der Waals surface area (Å²) in [5.41, 5.74) is 6.29. The van der Waals surface area contributed by atoms with Crippen LogP contribution in [-0.2, 0) is 4.74 Å². The van der Waals surface area contributed by atoms with E-state index in [-0.39, 0.29) is 0 Å². The van der Waals surface area contributed by atoms with Crippen molar-refractivity contribution in [2.24, 2.45) is 17.6 Å². The molecule has 1 aliphatic heterocycles. The highest BCUT2D eigenvalue weighted by Gasteiger charge is 2.28. The molecule has 0 spiro atoms. The molecule has 0 aromatic heterocycles. The van der Waals surface area contributed by atoms with Crippen molar-refractivity contribution in [2.75, 3.05) is 26.7 Å². The summed E-state index contributed by atoms with van der Waals surface area (Å²) in [5.74, 6) is 1.60. The van der Waals surface area contributed by atoms with Gasteiger partial charge in [-0.25, -0.2) is 0 Å². The van der Waals surface area contributed by atoms with Gasteiger partial charge < -0.3 is 15.4 Å². The lowest BCUT2D eigenvalue weighted by Crippen LogP contribution is -2.43. The first-order valence-corrected chi connectivity index (χ1v) is 7.74. The van der Waals surface area contributed by atoms with Gasteiger partial charge >= 0.3 is 0 Å². The summed E-state index contributed by atoms with van der Waals surface area (Å²) in [6.07, 6.45) is 8.14. The lowest BCUT2D eigenvalue weighted by Gasteiger charge is -2.36. The van der Waals surface area contributed by atoms with Crippen molar-refractivity contribution in [2.45, 2.75) is 57.6 Å². The molecule has 2 fully saturated rings. The molecule has 1 aliphatic carbocycles. The Morgan fingerprint density at radius 3 is 2.72 bits per heavy atom. The number of hydrogen-bond acceptors (Lipinski definition) is 3. The third-order valence-electron chi connectivity index (χ3n) is 4.81. The van der Waals surface area contributed by atoms with Crippen molar-refractivity contribution < 1.29 is 4.74 Å². The second-order valence-corrected chi connectivity index (χ2v) is 6.37. The largest absolute Gasteiger partial charge is 0.377 e. The molecule has 1 saturated heterocycles. The van der Waals surface area contributed by atoms with Crippen LogP contribution in [0.3, 0.4) is 0 Å².